The second-order valence-electron chi connectivity index (χ2n) is 10.3. The number of carbonyl (C=O) groups is 1. The van der Waals surface area contributed by atoms with E-state index in [0.717, 1.165) is 16.7 Å². The molecule has 2 heteroatoms. The second-order valence-corrected chi connectivity index (χ2v) is 10.3. The van der Waals surface area contributed by atoms with Crippen molar-refractivity contribution < 1.29 is 9.90 Å². The molecule has 0 amide bonds. The van der Waals surface area contributed by atoms with Gasteiger partial charge in [-0.05, 0) is 93.5 Å². The van der Waals surface area contributed by atoms with Gasteiger partial charge in [-0.3, -0.25) is 0 Å². The minimum absolute atomic E-state index is 0.179. The van der Waals surface area contributed by atoms with E-state index >= 15 is 0 Å². The van der Waals surface area contributed by atoms with Gasteiger partial charge < -0.3 is 5.11 Å². The predicted molar refractivity (Wildman–Crippen MR) is 135 cm³/mol. The molecule has 164 valence electrons. The summed E-state index contributed by atoms with van der Waals surface area (Å²) in [5, 5.41) is 11.9. The molecule has 32 heavy (non-hydrogen) atoms. The van der Waals surface area contributed by atoms with E-state index in [9.17, 15) is 9.90 Å². The van der Waals surface area contributed by atoms with Gasteiger partial charge in [0.2, 0.25) is 0 Å². The van der Waals surface area contributed by atoms with Crippen LogP contribution in [0.3, 0.4) is 0 Å². The van der Waals surface area contributed by atoms with Crippen LogP contribution in [0.25, 0.3) is 22.4 Å². The van der Waals surface area contributed by atoms with E-state index in [0.29, 0.717) is 5.56 Å². The number of carboxylic acid groups (broad SMARTS) is 1. The molecule has 1 aliphatic rings. The molecule has 0 spiro atoms. The lowest BCUT2D eigenvalue weighted by atomic mass is 9.63. The number of fused-ring (bicyclic) bond motifs is 2. The molecule has 0 bridgehead atoms. The molecule has 0 aromatic heterocycles. The van der Waals surface area contributed by atoms with Gasteiger partial charge >= 0.3 is 5.97 Å². The summed E-state index contributed by atoms with van der Waals surface area (Å²) < 4.78 is 0. The van der Waals surface area contributed by atoms with Crippen LogP contribution in [-0.2, 0) is 10.8 Å². The van der Waals surface area contributed by atoms with E-state index in [4.69, 9.17) is 0 Å². The highest BCUT2D eigenvalue weighted by Gasteiger charge is 2.37. The lowest BCUT2D eigenvalue weighted by Gasteiger charge is -2.42. The third-order valence-electron chi connectivity index (χ3n) is 6.95. The van der Waals surface area contributed by atoms with Crippen LogP contribution in [0, 0.1) is 0 Å². The summed E-state index contributed by atoms with van der Waals surface area (Å²) in [7, 11) is 0. The summed E-state index contributed by atoms with van der Waals surface area (Å²) in [4.78, 5) is 11.4. The van der Waals surface area contributed by atoms with Gasteiger partial charge in [-0.15, -0.1) is 0 Å². The Labute approximate surface area is 191 Å². The lowest BCUT2D eigenvalue weighted by Crippen LogP contribution is -2.33. The molecule has 3 aromatic carbocycles. The minimum Gasteiger partial charge on any atom is -0.478 e. The van der Waals surface area contributed by atoms with Crippen molar-refractivity contribution in [1.82, 2.24) is 0 Å². The van der Waals surface area contributed by atoms with E-state index in [1.165, 1.54) is 34.7 Å². The lowest BCUT2D eigenvalue weighted by molar-refractivity contribution is 0.0697. The first-order chi connectivity index (χ1) is 15.1. The Hall–Kier alpha value is -3.13. The molecule has 2 nitrogen and oxygen atoms in total. The predicted octanol–water partition coefficient (Wildman–Crippen LogP) is 8.00. The van der Waals surface area contributed by atoms with Crippen LogP contribution in [0.2, 0.25) is 0 Å². The van der Waals surface area contributed by atoms with E-state index < -0.39 is 5.97 Å². The summed E-state index contributed by atoms with van der Waals surface area (Å²) in [6.07, 6.45) is 8.56. The molecule has 0 atom stereocenters. The van der Waals surface area contributed by atoms with Crippen molar-refractivity contribution in [3.05, 3.63) is 94.6 Å². The SMILES string of the molecule is CC=C/C(=C/c1ccc2cc3c(cc2c1)C(C)(C)CCC3(C)C)c1cccc(C(=O)O)c1. The largest absolute Gasteiger partial charge is 0.478 e. The highest BCUT2D eigenvalue weighted by atomic mass is 16.4. The minimum atomic E-state index is -0.910. The van der Waals surface area contributed by atoms with E-state index in [1.807, 2.05) is 25.1 Å². The zero-order valence-electron chi connectivity index (χ0n) is 19.7. The van der Waals surface area contributed by atoms with Crippen LogP contribution < -0.4 is 0 Å². The summed E-state index contributed by atoms with van der Waals surface area (Å²) in [5.41, 5.74) is 6.62. The Morgan fingerprint density at radius 3 is 2.09 bits per heavy atom. The third kappa shape index (κ3) is 4.14. The first-order valence-corrected chi connectivity index (χ1v) is 11.4. The maximum atomic E-state index is 11.4. The quantitative estimate of drug-likeness (QED) is 0.340. The molecule has 3 aromatic rings. The molecule has 0 saturated carbocycles. The topological polar surface area (TPSA) is 37.3 Å². The molecule has 1 N–H and O–H groups in total. The maximum Gasteiger partial charge on any atom is 0.335 e. The van der Waals surface area contributed by atoms with Crippen molar-refractivity contribution in [2.24, 2.45) is 0 Å². The van der Waals surface area contributed by atoms with Crippen LogP contribution in [0.1, 0.15) is 80.1 Å². The van der Waals surface area contributed by atoms with Gasteiger partial charge in [0.05, 0.1) is 5.56 Å². The van der Waals surface area contributed by atoms with E-state index in [2.05, 4.69) is 64.1 Å². The van der Waals surface area contributed by atoms with Crippen LogP contribution in [0.15, 0.2) is 66.7 Å². The summed E-state index contributed by atoms with van der Waals surface area (Å²) in [6, 6.07) is 18.5. The van der Waals surface area contributed by atoms with Crippen molar-refractivity contribution in [2.45, 2.75) is 58.3 Å². The Kier molecular flexibility index (Phi) is 5.58. The first kappa shape index (κ1) is 22.1. The fourth-order valence-corrected chi connectivity index (χ4v) is 4.84. The van der Waals surface area contributed by atoms with Crippen molar-refractivity contribution in [3.63, 3.8) is 0 Å². The molecule has 0 aliphatic heterocycles. The molecule has 0 saturated heterocycles. The maximum absolute atomic E-state index is 11.4. The standard InChI is InChI=1S/C30H32O2/c1-6-8-21(22-9-7-10-24(17-22)28(31)32)15-20-11-12-23-18-26-27(19-25(23)16-20)30(4,5)14-13-29(26,2)3/h6-12,15-19H,13-14H2,1-5H3,(H,31,32)/b8-6?,21-15-. The third-order valence-corrected chi connectivity index (χ3v) is 6.95. The second kappa shape index (κ2) is 8.09. The molecule has 0 fully saturated rings. The molecule has 4 rings (SSSR count). The molecule has 0 unspecified atom stereocenters. The monoisotopic (exact) mass is 424 g/mol. The van der Waals surface area contributed by atoms with Crippen LogP contribution in [0.4, 0.5) is 0 Å². The molecular weight excluding hydrogens is 392 g/mol. The molecule has 0 heterocycles. The Morgan fingerprint density at radius 2 is 1.47 bits per heavy atom. The van der Waals surface area contributed by atoms with Gasteiger partial charge in [0.15, 0.2) is 0 Å². The van der Waals surface area contributed by atoms with Crippen LogP contribution in [-0.4, -0.2) is 11.1 Å². The van der Waals surface area contributed by atoms with Gasteiger partial charge in [-0.1, -0.05) is 76.2 Å². The van der Waals surface area contributed by atoms with E-state index in [1.54, 1.807) is 18.2 Å². The highest BCUT2D eigenvalue weighted by molar-refractivity contribution is 5.94. The number of aromatic carboxylic acids is 1. The molecule has 1 aliphatic carbocycles. The van der Waals surface area contributed by atoms with Gasteiger partial charge in [0, 0.05) is 0 Å². The summed E-state index contributed by atoms with van der Waals surface area (Å²) in [6.45, 7) is 11.4. The van der Waals surface area contributed by atoms with Crippen LogP contribution in [0.5, 0.6) is 0 Å². The highest BCUT2D eigenvalue weighted by Crippen LogP contribution is 2.47. The number of carboxylic acids is 1. The van der Waals surface area contributed by atoms with Crippen molar-refractivity contribution in [2.75, 3.05) is 0 Å². The van der Waals surface area contributed by atoms with Crippen LogP contribution >= 0.6 is 0 Å². The zero-order valence-corrected chi connectivity index (χ0v) is 19.7. The molecule has 0 radical (unpaired) electrons. The summed E-state index contributed by atoms with van der Waals surface area (Å²) in [5.74, 6) is -0.910. The van der Waals surface area contributed by atoms with Crippen molar-refractivity contribution in [3.8, 4) is 0 Å². The fraction of sp³-hybridized carbons (Fsp3) is 0.300. The number of benzene rings is 3. The van der Waals surface area contributed by atoms with E-state index in [-0.39, 0.29) is 10.8 Å². The van der Waals surface area contributed by atoms with Crippen molar-refractivity contribution in [1.29, 1.82) is 0 Å². The van der Waals surface area contributed by atoms with Gasteiger partial charge in [0.1, 0.15) is 0 Å². The van der Waals surface area contributed by atoms with Gasteiger partial charge in [0.25, 0.3) is 0 Å². The first-order valence-electron chi connectivity index (χ1n) is 11.4. The Balaban J connectivity index is 1.83. The van der Waals surface area contributed by atoms with Crippen molar-refractivity contribution >= 4 is 28.4 Å². The Bertz CT molecular complexity index is 1260. The fourth-order valence-electron chi connectivity index (χ4n) is 4.84. The Morgan fingerprint density at radius 1 is 0.844 bits per heavy atom. The molecular formula is C30H32O2. The number of allylic oxidation sites excluding steroid dienone is 3. The summed E-state index contributed by atoms with van der Waals surface area (Å²) >= 11 is 0. The van der Waals surface area contributed by atoms with Gasteiger partial charge in [-0.25, -0.2) is 4.79 Å². The average Bonchev–Trinajstić information content (AvgIpc) is 2.76. The number of hydrogen-bond acceptors (Lipinski definition) is 1. The normalized spacial score (nSPS) is 17.5. The van der Waals surface area contributed by atoms with Gasteiger partial charge in [-0.2, -0.15) is 0 Å². The number of hydrogen-bond donors (Lipinski definition) is 1. The zero-order chi connectivity index (χ0) is 23.1. The average molecular weight is 425 g/mol. The smallest absolute Gasteiger partial charge is 0.335 e. The number of rotatable bonds is 4.